The summed E-state index contributed by atoms with van der Waals surface area (Å²) in [7, 11) is 0. The van der Waals surface area contributed by atoms with Crippen LogP contribution in [-0.4, -0.2) is 24.9 Å². The van der Waals surface area contributed by atoms with Crippen LogP contribution in [0, 0.1) is 69.2 Å². The molecule has 7 heteroatoms. The summed E-state index contributed by atoms with van der Waals surface area (Å²) in [5, 5.41) is 0. The topological polar surface area (TPSA) is 28.8 Å². The number of hydrogen-bond acceptors (Lipinski definition) is 4. The van der Waals surface area contributed by atoms with Crippen LogP contribution in [0.15, 0.2) is 91.3 Å². The SMILES string of the molecule is Cc1cc(C)c(B(c2c(C)cc(C)cc2C)N(/C=C2\c3cccc[n+]3[B-]3(OC(C)(C)C(C)(C)O3)N2c2c(C)cccc2C)c2c(C)cccc2C)c(C)c1. The van der Waals surface area contributed by atoms with Crippen molar-refractivity contribution in [2.75, 3.05) is 9.62 Å². The van der Waals surface area contributed by atoms with E-state index in [2.05, 4.69) is 202 Å². The van der Waals surface area contributed by atoms with Gasteiger partial charge in [0.05, 0.1) is 16.9 Å². The third-order valence-corrected chi connectivity index (χ3v) is 12.4. The average molecular weight is 718 g/mol. The van der Waals surface area contributed by atoms with Crippen molar-refractivity contribution >= 4 is 41.7 Å². The molecule has 0 amide bonds. The summed E-state index contributed by atoms with van der Waals surface area (Å²) in [6.45, 7) is 28.6. The first-order valence-electron chi connectivity index (χ1n) is 19.5. The van der Waals surface area contributed by atoms with E-state index in [1.54, 1.807) is 0 Å². The van der Waals surface area contributed by atoms with Gasteiger partial charge in [-0.2, -0.15) is 0 Å². The van der Waals surface area contributed by atoms with Gasteiger partial charge in [-0.1, -0.05) is 100 Å². The smallest absolute Gasteiger partial charge is 0.477 e. The van der Waals surface area contributed by atoms with E-state index in [9.17, 15) is 0 Å². The molecule has 0 atom stereocenters. The van der Waals surface area contributed by atoms with Gasteiger partial charge in [0.15, 0.2) is 5.69 Å². The summed E-state index contributed by atoms with van der Waals surface area (Å²) in [5.41, 5.74) is 18.3. The minimum absolute atomic E-state index is 0.141. The first-order valence-corrected chi connectivity index (χ1v) is 19.5. The van der Waals surface area contributed by atoms with Crippen LogP contribution in [0.5, 0.6) is 0 Å². The van der Waals surface area contributed by atoms with E-state index in [-0.39, 0.29) is 6.85 Å². The summed E-state index contributed by atoms with van der Waals surface area (Å²) < 4.78 is 17.0. The van der Waals surface area contributed by atoms with E-state index in [1.807, 2.05) is 0 Å². The number of rotatable bonds is 6. The number of benzene rings is 4. The highest BCUT2D eigenvalue weighted by Crippen LogP contribution is 2.49. The van der Waals surface area contributed by atoms with Crippen LogP contribution in [0.2, 0.25) is 0 Å². The summed E-state index contributed by atoms with van der Waals surface area (Å²) in [5.74, 6) is 0. The Morgan fingerprint density at radius 3 is 1.50 bits per heavy atom. The van der Waals surface area contributed by atoms with Gasteiger partial charge < -0.3 is 23.4 Å². The maximum atomic E-state index is 7.38. The molecule has 0 N–H and O–H groups in total. The third-order valence-electron chi connectivity index (χ3n) is 12.4. The van der Waals surface area contributed by atoms with Crippen molar-refractivity contribution in [3.63, 3.8) is 0 Å². The zero-order chi connectivity index (χ0) is 39.1. The van der Waals surface area contributed by atoms with Crippen LogP contribution in [-0.2, 0) is 9.31 Å². The molecule has 0 bridgehead atoms. The molecule has 1 fully saturated rings. The molecule has 2 aliphatic heterocycles. The molecule has 7 rings (SSSR count). The number of para-hydroxylation sites is 2. The monoisotopic (exact) mass is 717 g/mol. The maximum absolute atomic E-state index is 7.38. The number of anilines is 2. The Hall–Kier alpha value is -4.58. The molecule has 1 saturated heterocycles. The lowest BCUT2D eigenvalue weighted by Gasteiger charge is -2.40. The predicted molar refractivity (Wildman–Crippen MR) is 229 cm³/mol. The Morgan fingerprint density at radius 1 is 0.593 bits per heavy atom. The van der Waals surface area contributed by atoms with Crippen molar-refractivity contribution < 1.29 is 13.8 Å². The molecule has 5 nitrogen and oxygen atoms in total. The Morgan fingerprint density at radius 2 is 1.04 bits per heavy atom. The van der Waals surface area contributed by atoms with E-state index in [1.165, 1.54) is 61.1 Å². The summed E-state index contributed by atoms with van der Waals surface area (Å²) in [4.78, 5) is 4.98. The van der Waals surface area contributed by atoms with Crippen molar-refractivity contribution in [2.24, 2.45) is 0 Å². The lowest BCUT2D eigenvalue weighted by Crippen LogP contribution is -2.72. The molecule has 3 heterocycles. The molecule has 54 heavy (non-hydrogen) atoms. The van der Waals surface area contributed by atoms with E-state index in [4.69, 9.17) is 9.31 Å². The Balaban J connectivity index is 1.65. The fourth-order valence-corrected chi connectivity index (χ4v) is 9.55. The zero-order valence-corrected chi connectivity index (χ0v) is 35.0. The Bertz CT molecular complexity index is 2180. The van der Waals surface area contributed by atoms with Crippen LogP contribution in [0.4, 0.5) is 11.4 Å². The first-order chi connectivity index (χ1) is 25.4. The van der Waals surface area contributed by atoms with Crippen LogP contribution < -0.4 is 25.0 Å². The van der Waals surface area contributed by atoms with Crippen molar-refractivity contribution in [1.82, 2.24) is 0 Å². The lowest BCUT2D eigenvalue weighted by molar-refractivity contribution is -0.572. The van der Waals surface area contributed by atoms with Crippen LogP contribution in [0.1, 0.15) is 89.0 Å². The summed E-state index contributed by atoms with van der Waals surface area (Å²) in [6.07, 6.45) is 4.55. The first kappa shape index (κ1) is 37.7. The van der Waals surface area contributed by atoms with Gasteiger partial charge in [-0.15, -0.1) is 0 Å². The molecule has 2 aliphatic rings. The molecule has 278 valence electrons. The van der Waals surface area contributed by atoms with E-state index >= 15 is 0 Å². The molecule has 5 aromatic rings. The average Bonchev–Trinajstić information content (AvgIpc) is 3.41. The minimum atomic E-state index is -2.25. The third kappa shape index (κ3) is 5.92. The normalized spacial score (nSPS) is 17.4. The zero-order valence-electron chi connectivity index (χ0n) is 35.0. The highest BCUT2D eigenvalue weighted by molar-refractivity contribution is 6.89. The number of hydrogen-bond donors (Lipinski definition) is 0. The van der Waals surface area contributed by atoms with Gasteiger partial charge in [-0.05, 0) is 136 Å². The van der Waals surface area contributed by atoms with Crippen LogP contribution in [0.25, 0.3) is 5.70 Å². The summed E-state index contributed by atoms with van der Waals surface area (Å²) in [6, 6.07) is 29.0. The largest absolute Gasteiger partial charge is 0.667 e. The second-order valence-corrected chi connectivity index (χ2v) is 17.2. The van der Waals surface area contributed by atoms with Gasteiger partial charge in [-0.3, -0.25) is 0 Å². The number of pyridine rings is 1. The standard InChI is InChI=1S/C47H57B2N3O2/c1-30-25-36(7)42(37(8)26-30)48(43-38(9)27-31(2)28-39(43)10)50(44-32(3)19-17-20-33(44)4)29-41-40-23-15-16-24-51(40)49(53-46(11,12)47(13,14)54-49)52(41)45-34(5)21-18-22-35(45)6/h15-29H,1-14H3/b41-29+. The quantitative estimate of drug-likeness (QED) is 0.164. The predicted octanol–water partition coefficient (Wildman–Crippen LogP) is 9.08. The molecular formula is C47H57B2N3O2. The van der Waals surface area contributed by atoms with Crippen LogP contribution in [0.3, 0.4) is 0 Å². The molecule has 0 saturated carbocycles. The second-order valence-electron chi connectivity index (χ2n) is 17.2. The second kappa shape index (κ2) is 13.3. The Labute approximate surface area is 324 Å². The van der Waals surface area contributed by atoms with Gasteiger partial charge >= 0.3 is 13.7 Å². The van der Waals surface area contributed by atoms with Gasteiger partial charge in [-0.25, -0.2) is 0 Å². The van der Waals surface area contributed by atoms with Crippen molar-refractivity contribution in [2.45, 2.75) is 108 Å². The van der Waals surface area contributed by atoms with E-state index < -0.39 is 18.0 Å². The van der Waals surface area contributed by atoms with E-state index in [0.29, 0.717) is 0 Å². The molecule has 0 aliphatic carbocycles. The maximum Gasteiger partial charge on any atom is 0.667 e. The van der Waals surface area contributed by atoms with Crippen molar-refractivity contribution in [3.05, 3.63) is 153 Å². The van der Waals surface area contributed by atoms with Gasteiger partial charge in [0.1, 0.15) is 6.20 Å². The summed E-state index contributed by atoms with van der Waals surface area (Å²) >= 11 is 0. The number of aryl methyl sites for hydroxylation is 10. The fourth-order valence-electron chi connectivity index (χ4n) is 9.55. The van der Waals surface area contributed by atoms with Gasteiger partial charge in [0, 0.05) is 23.6 Å². The van der Waals surface area contributed by atoms with Crippen molar-refractivity contribution in [1.29, 1.82) is 0 Å². The molecule has 0 radical (unpaired) electrons. The number of fused-ring (bicyclic) bond motifs is 2. The van der Waals surface area contributed by atoms with Crippen molar-refractivity contribution in [3.8, 4) is 0 Å². The Kier molecular flexibility index (Phi) is 9.30. The molecule has 1 aromatic heterocycles. The fraction of sp³-hybridized carbons (Fsp3) is 0.340. The number of nitrogens with zero attached hydrogens (tertiary/aromatic N) is 3. The van der Waals surface area contributed by atoms with Gasteiger partial charge in [0.2, 0.25) is 0 Å². The molecule has 0 unspecified atom stereocenters. The number of aromatic nitrogens is 1. The van der Waals surface area contributed by atoms with Gasteiger partial charge in [0.25, 0.3) is 0 Å². The minimum Gasteiger partial charge on any atom is -0.477 e. The molecule has 4 aromatic carbocycles. The van der Waals surface area contributed by atoms with E-state index in [0.717, 1.165) is 28.2 Å². The van der Waals surface area contributed by atoms with Crippen LogP contribution >= 0.6 is 0 Å². The molecule has 1 spiro atoms. The lowest BCUT2D eigenvalue weighted by atomic mass is 9.45. The molecular weight excluding hydrogens is 660 g/mol. The highest BCUT2D eigenvalue weighted by atomic mass is 16.7. The highest BCUT2D eigenvalue weighted by Gasteiger charge is 2.68.